The molecular weight excluding hydrogens is 268 g/mol. The topological polar surface area (TPSA) is 42.0 Å². The molecule has 0 unspecified atom stereocenters. The maximum atomic E-state index is 11.3. The summed E-state index contributed by atoms with van der Waals surface area (Å²) in [6, 6.07) is 7.54. The van der Waals surface area contributed by atoms with Gasteiger partial charge in [0.2, 0.25) is 5.91 Å². The van der Waals surface area contributed by atoms with Gasteiger partial charge >= 0.3 is 0 Å². The van der Waals surface area contributed by atoms with E-state index in [4.69, 9.17) is 11.6 Å². The number of hydrogen-bond acceptors (Lipinski definition) is 3. The maximum Gasteiger partial charge on any atom is 0.225 e. The van der Waals surface area contributed by atoms with E-state index in [2.05, 4.69) is 10.3 Å². The number of aromatic nitrogens is 1. The summed E-state index contributed by atoms with van der Waals surface area (Å²) < 4.78 is 0. The molecule has 0 saturated carbocycles. The number of amides is 1. The van der Waals surface area contributed by atoms with Gasteiger partial charge in [0.05, 0.1) is 5.69 Å². The van der Waals surface area contributed by atoms with Crippen LogP contribution in [-0.4, -0.2) is 10.9 Å². The fourth-order valence-electron chi connectivity index (χ4n) is 1.56. The molecule has 2 aromatic rings. The number of hydrogen-bond donors (Lipinski definition) is 1. The SMILES string of the molecule is CCC(=O)Nc1nc(-c2cccc(Cl)c2)c(C)s1. The smallest absolute Gasteiger partial charge is 0.225 e. The number of carbonyl (C=O) groups excluding carboxylic acids is 1. The predicted molar refractivity (Wildman–Crippen MR) is 76.2 cm³/mol. The Labute approximate surface area is 115 Å². The Balaban J connectivity index is 2.32. The van der Waals surface area contributed by atoms with Crippen LogP contribution in [0.25, 0.3) is 11.3 Å². The number of rotatable bonds is 3. The van der Waals surface area contributed by atoms with E-state index in [1.165, 1.54) is 11.3 Å². The quantitative estimate of drug-likeness (QED) is 0.919. The van der Waals surface area contributed by atoms with Crippen LogP contribution in [0.4, 0.5) is 5.13 Å². The normalized spacial score (nSPS) is 10.4. The largest absolute Gasteiger partial charge is 0.302 e. The fraction of sp³-hybridized carbons (Fsp3) is 0.231. The minimum atomic E-state index is -0.0265. The molecule has 1 N–H and O–H groups in total. The monoisotopic (exact) mass is 280 g/mol. The van der Waals surface area contributed by atoms with Gasteiger partial charge < -0.3 is 5.32 Å². The van der Waals surface area contributed by atoms with Crippen molar-refractivity contribution in [1.82, 2.24) is 4.98 Å². The van der Waals surface area contributed by atoms with Gasteiger partial charge in [0.15, 0.2) is 5.13 Å². The highest BCUT2D eigenvalue weighted by Gasteiger charge is 2.11. The van der Waals surface area contributed by atoms with Crippen LogP contribution in [-0.2, 0) is 4.79 Å². The van der Waals surface area contributed by atoms with E-state index in [9.17, 15) is 4.79 Å². The van der Waals surface area contributed by atoms with E-state index in [0.29, 0.717) is 16.6 Å². The second-order valence-electron chi connectivity index (χ2n) is 3.84. The minimum Gasteiger partial charge on any atom is -0.302 e. The van der Waals surface area contributed by atoms with Crippen molar-refractivity contribution in [3.63, 3.8) is 0 Å². The van der Waals surface area contributed by atoms with Gasteiger partial charge in [-0.25, -0.2) is 4.98 Å². The highest BCUT2D eigenvalue weighted by Crippen LogP contribution is 2.31. The van der Waals surface area contributed by atoms with E-state index in [0.717, 1.165) is 16.1 Å². The molecule has 0 aliphatic rings. The van der Waals surface area contributed by atoms with E-state index in [1.54, 1.807) is 0 Å². The minimum absolute atomic E-state index is 0.0265. The van der Waals surface area contributed by atoms with Crippen LogP contribution in [0.5, 0.6) is 0 Å². The van der Waals surface area contributed by atoms with Crippen LogP contribution in [0.2, 0.25) is 5.02 Å². The first-order valence-corrected chi connectivity index (χ1v) is 6.83. The molecule has 0 spiro atoms. The molecule has 0 aliphatic carbocycles. The molecular formula is C13H13ClN2OS. The standard InChI is InChI=1S/C13H13ClN2OS/c1-3-11(17)15-13-16-12(8(2)18-13)9-5-4-6-10(14)7-9/h4-7H,3H2,1-2H3,(H,15,16,17). The molecule has 5 heteroatoms. The summed E-state index contributed by atoms with van der Waals surface area (Å²) in [7, 11) is 0. The molecule has 1 aromatic heterocycles. The molecule has 0 radical (unpaired) electrons. The van der Waals surface area contributed by atoms with Gasteiger partial charge in [-0.3, -0.25) is 4.79 Å². The van der Waals surface area contributed by atoms with Crippen molar-refractivity contribution in [3.05, 3.63) is 34.2 Å². The van der Waals surface area contributed by atoms with Gasteiger partial charge in [-0.05, 0) is 19.1 Å². The molecule has 0 aliphatic heterocycles. The molecule has 3 nitrogen and oxygen atoms in total. The summed E-state index contributed by atoms with van der Waals surface area (Å²) >= 11 is 7.44. The van der Waals surface area contributed by atoms with Crippen LogP contribution in [0.3, 0.4) is 0 Å². The first-order valence-electron chi connectivity index (χ1n) is 5.63. The van der Waals surface area contributed by atoms with Crippen LogP contribution < -0.4 is 5.32 Å². The molecule has 1 heterocycles. The van der Waals surface area contributed by atoms with Crippen LogP contribution in [0.15, 0.2) is 24.3 Å². The molecule has 1 aromatic carbocycles. The number of halogens is 1. The summed E-state index contributed by atoms with van der Waals surface area (Å²) in [5, 5.41) is 4.09. The molecule has 1 amide bonds. The lowest BCUT2D eigenvalue weighted by atomic mass is 10.1. The zero-order valence-electron chi connectivity index (χ0n) is 10.2. The van der Waals surface area contributed by atoms with Gasteiger partial charge in [-0.1, -0.05) is 30.7 Å². The summed E-state index contributed by atoms with van der Waals surface area (Å²) in [4.78, 5) is 16.8. The molecule has 2 rings (SSSR count). The summed E-state index contributed by atoms with van der Waals surface area (Å²) in [5.41, 5.74) is 1.84. The fourth-order valence-corrected chi connectivity index (χ4v) is 2.60. The third-order valence-electron chi connectivity index (χ3n) is 2.46. The summed E-state index contributed by atoms with van der Waals surface area (Å²) in [5.74, 6) is -0.0265. The molecule has 18 heavy (non-hydrogen) atoms. The number of aryl methyl sites for hydroxylation is 1. The Kier molecular flexibility index (Phi) is 3.99. The zero-order chi connectivity index (χ0) is 13.1. The average Bonchev–Trinajstić information content (AvgIpc) is 2.70. The number of nitrogens with one attached hydrogen (secondary N) is 1. The lowest BCUT2D eigenvalue weighted by molar-refractivity contribution is -0.115. The second-order valence-corrected chi connectivity index (χ2v) is 5.48. The first kappa shape index (κ1) is 13.1. The van der Waals surface area contributed by atoms with Gasteiger partial charge in [0.1, 0.15) is 0 Å². The predicted octanol–water partition coefficient (Wildman–Crippen LogP) is 4.12. The van der Waals surface area contributed by atoms with Crippen molar-refractivity contribution >= 4 is 34.0 Å². The van der Waals surface area contributed by atoms with Crippen molar-refractivity contribution in [3.8, 4) is 11.3 Å². The number of nitrogens with zero attached hydrogens (tertiary/aromatic N) is 1. The van der Waals surface area contributed by atoms with Gasteiger partial charge in [0.25, 0.3) is 0 Å². The Bertz CT molecular complexity index is 580. The number of anilines is 1. The number of thiazole rings is 1. The molecule has 94 valence electrons. The van der Waals surface area contributed by atoms with Crippen LogP contribution in [0, 0.1) is 6.92 Å². The highest BCUT2D eigenvalue weighted by atomic mass is 35.5. The maximum absolute atomic E-state index is 11.3. The number of carbonyl (C=O) groups is 1. The Hall–Kier alpha value is -1.39. The lowest BCUT2D eigenvalue weighted by Crippen LogP contribution is -2.08. The second kappa shape index (κ2) is 5.50. The molecule has 0 fully saturated rings. The third-order valence-corrected chi connectivity index (χ3v) is 3.58. The molecule has 0 bridgehead atoms. The Morgan fingerprint density at radius 3 is 2.94 bits per heavy atom. The highest BCUT2D eigenvalue weighted by molar-refractivity contribution is 7.16. The summed E-state index contributed by atoms with van der Waals surface area (Å²) in [6.07, 6.45) is 0.450. The van der Waals surface area contributed by atoms with Crippen LogP contribution in [0.1, 0.15) is 18.2 Å². The first-order chi connectivity index (χ1) is 8.60. The van der Waals surface area contributed by atoms with Crippen molar-refractivity contribution in [2.24, 2.45) is 0 Å². The average molecular weight is 281 g/mol. The van der Waals surface area contributed by atoms with E-state index in [-0.39, 0.29) is 5.91 Å². The van der Waals surface area contributed by atoms with Gasteiger partial charge in [0, 0.05) is 21.9 Å². The van der Waals surface area contributed by atoms with Crippen molar-refractivity contribution < 1.29 is 4.79 Å². The molecule has 0 atom stereocenters. The Morgan fingerprint density at radius 2 is 2.28 bits per heavy atom. The van der Waals surface area contributed by atoms with Crippen molar-refractivity contribution in [1.29, 1.82) is 0 Å². The summed E-state index contributed by atoms with van der Waals surface area (Å²) in [6.45, 7) is 3.79. The van der Waals surface area contributed by atoms with E-state index in [1.807, 2.05) is 38.1 Å². The van der Waals surface area contributed by atoms with Crippen molar-refractivity contribution in [2.75, 3.05) is 5.32 Å². The van der Waals surface area contributed by atoms with E-state index >= 15 is 0 Å². The van der Waals surface area contributed by atoms with Crippen molar-refractivity contribution in [2.45, 2.75) is 20.3 Å². The van der Waals surface area contributed by atoms with Gasteiger partial charge in [-0.15, -0.1) is 11.3 Å². The Morgan fingerprint density at radius 1 is 1.50 bits per heavy atom. The number of benzene rings is 1. The molecule has 0 saturated heterocycles. The van der Waals surface area contributed by atoms with Crippen LogP contribution >= 0.6 is 22.9 Å². The zero-order valence-corrected chi connectivity index (χ0v) is 11.7. The van der Waals surface area contributed by atoms with E-state index < -0.39 is 0 Å². The lowest BCUT2D eigenvalue weighted by Gasteiger charge is -1.99. The third kappa shape index (κ3) is 2.89. The van der Waals surface area contributed by atoms with Gasteiger partial charge in [-0.2, -0.15) is 0 Å².